The van der Waals surface area contributed by atoms with E-state index in [1.807, 2.05) is 30.3 Å². The fourth-order valence-corrected chi connectivity index (χ4v) is 1.90. The molecule has 2 rings (SSSR count). The summed E-state index contributed by atoms with van der Waals surface area (Å²) in [6.45, 7) is -0.0833. The highest BCUT2D eigenvalue weighted by Gasteiger charge is 2.09. The Hall–Kier alpha value is -2.53. The smallest absolute Gasteiger partial charge is 0.434 e. The zero-order valence-corrected chi connectivity index (χ0v) is 11.9. The Morgan fingerprint density at radius 3 is 2.59 bits per heavy atom. The lowest BCUT2D eigenvalue weighted by molar-refractivity contribution is 0.150. The number of rotatable bonds is 5. The summed E-state index contributed by atoms with van der Waals surface area (Å²) in [5, 5.41) is 9.06. The third-order valence-electron chi connectivity index (χ3n) is 2.94. The van der Waals surface area contributed by atoms with E-state index in [4.69, 9.17) is 9.84 Å². The van der Waals surface area contributed by atoms with Crippen LogP contribution in [0.25, 0.3) is 0 Å². The fourth-order valence-electron chi connectivity index (χ4n) is 1.90. The van der Waals surface area contributed by atoms with Gasteiger partial charge in [-0.3, -0.25) is 0 Å². The first kappa shape index (κ1) is 15.9. The van der Waals surface area contributed by atoms with Crippen LogP contribution in [0.5, 0.6) is 0 Å². The number of aliphatic hydroxyl groups is 1. The minimum absolute atomic E-state index is 0.110. The Labute approximate surface area is 127 Å². The van der Waals surface area contributed by atoms with E-state index in [1.165, 1.54) is 18.2 Å². The predicted octanol–water partition coefficient (Wildman–Crippen LogP) is 3.33. The van der Waals surface area contributed by atoms with Crippen LogP contribution in [0.4, 0.5) is 9.18 Å². The number of benzene rings is 2. The van der Waals surface area contributed by atoms with E-state index in [0.29, 0.717) is 11.3 Å². The Morgan fingerprint density at radius 1 is 1.14 bits per heavy atom. The average molecular weight is 301 g/mol. The van der Waals surface area contributed by atoms with Gasteiger partial charge in [0.2, 0.25) is 0 Å². The first-order valence-corrected chi connectivity index (χ1v) is 6.84. The first-order chi connectivity index (χ1) is 10.7. The van der Waals surface area contributed by atoms with Crippen LogP contribution in [-0.4, -0.2) is 23.5 Å². The van der Waals surface area contributed by atoms with Gasteiger partial charge in [-0.2, -0.15) is 4.99 Å². The van der Waals surface area contributed by atoms with Crippen LogP contribution in [0.3, 0.4) is 0 Å². The second-order valence-electron chi connectivity index (χ2n) is 4.58. The second-order valence-corrected chi connectivity index (χ2v) is 4.58. The van der Waals surface area contributed by atoms with Crippen LogP contribution in [-0.2, 0) is 11.3 Å². The number of hydrogen-bond acceptors (Lipinski definition) is 3. The second kappa shape index (κ2) is 8.05. The molecule has 22 heavy (non-hydrogen) atoms. The van der Waals surface area contributed by atoms with E-state index in [9.17, 15) is 9.18 Å². The molecule has 2 aromatic carbocycles. The van der Waals surface area contributed by atoms with Crippen molar-refractivity contribution in [2.75, 3.05) is 6.61 Å². The quantitative estimate of drug-likeness (QED) is 0.862. The Balaban J connectivity index is 2.07. The van der Waals surface area contributed by atoms with Gasteiger partial charge in [-0.15, -0.1) is 0 Å². The summed E-state index contributed by atoms with van der Waals surface area (Å²) in [4.78, 5) is 15.6. The molecule has 0 unspecified atom stereocenters. The molecular weight excluding hydrogens is 285 g/mol. The van der Waals surface area contributed by atoms with Crippen molar-refractivity contribution < 1.29 is 19.0 Å². The summed E-state index contributed by atoms with van der Waals surface area (Å²) in [7, 11) is 0. The molecule has 0 bridgehead atoms. The third kappa shape index (κ3) is 4.79. The summed E-state index contributed by atoms with van der Waals surface area (Å²) >= 11 is 0. The van der Waals surface area contributed by atoms with Gasteiger partial charge in [-0.25, -0.2) is 9.18 Å². The first-order valence-electron chi connectivity index (χ1n) is 6.84. The molecule has 5 heteroatoms. The van der Waals surface area contributed by atoms with Crippen LogP contribution < -0.4 is 0 Å². The lowest BCUT2D eigenvalue weighted by Crippen LogP contribution is -2.09. The summed E-state index contributed by atoms with van der Waals surface area (Å²) in [5.41, 5.74) is 1.59. The van der Waals surface area contributed by atoms with E-state index in [2.05, 4.69) is 4.99 Å². The molecule has 2 aromatic rings. The van der Waals surface area contributed by atoms with Crippen molar-refractivity contribution in [2.24, 2.45) is 4.99 Å². The largest absolute Gasteiger partial charge is 0.443 e. The van der Waals surface area contributed by atoms with Gasteiger partial charge < -0.3 is 9.84 Å². The summed E-state index contributed by atoms with van der Waals surface area (Å²) in [6.07, 6.45) is -0.624. The van der Waals surface area contributed by atoms with Crippen molar-refractivity contribution in [1.29, 1.82) is 0 Å². The lowest BCUT2D eigenvalue weighted by atomic mass is 10.1. The van der Waals surface area contributed by atoms with Crippen LogP contribution in [0, 0.1) is 5.82 Å². The van der Waals surface area contributed by atoms with E-state index in [0.717, 1.165) is 5.56 Å². The standard InChI is InChI=1S/C17H16FNO3/c18-15-8-4-7-14(11-15)16(9-10-20)19-17(21)22-12-13-5-2-1-3-6-13/h1-8,11,20H,9-10,12H2. The number of amides is 1. The molecular formula is C17H16FNO3. The average Bonchev–Trinajstić information content (AvgIpc) is 2.53. The summed E-state index contributed by atoms with van der Waals surface area (Å²) in [5.74, 6) is -0.430. The van der Waals surface area contributed by atoms with Crippen molar-refractivity contribution >= 4 is 11.8 Å². The molecule has 0 saturated heterocycles. The highest BCUT2D eigenvalue weighted by atomic mass is 19.1. The number of hydrogen-bond donors (Lipinski definition) is 1. The van der Waals surface area contributed by atoms with Gasteiger partial charge in [0.1, 0.15) is 12.4 Å². The summed E-state index contributed by atoms with van der Waals surface area (Å²) in [6, 6.07) is 14.9. The monoisotopic (exact) mass is 301 g/mol. The normalized spacial score (nSPS) is 11.3. The summed E-state index contributed by atoms with van der Waals surface area (Å²) < 4.78 is 18.3. The number of aliphatic hydroxyl groups excluding tert-OH is 1. The molecule has 0 spiro atoms. The van der Waals surface area contributed by atoms with Crippen molar-refractivity contribution in [3.05, 3.63) is 71.5 Å². The van der Waals surface area contributed by atoms with Crippen molar-refractivity contribution in [2.45, 2.75) is 13.0 Å². The van der Waals surface area contributed by atoms with Crippen molar-refractivity contribution in [3.63, 3.8) is 0 Å². The van der Waals surface area contributed by atoms with Gasteiger partial charge >= 0.3 is 6.09 Å². The number of nitrogens with zero attached hydrogens (tertiary/aromatic N) is 1. The minimum atomic E-state index is -0.767. The third-order valence-corrected chi connectivity index (χ3v) is 2.94. The number of halogens is 1. The number of carbonyl (C=O) groups is 1. The lowest BCUT2D eigenvalue weighted by Gasteiger charge is -2.06. The maximum atomic E-state index is 13.2. The number of aliphatic imine (C=N–C) groups is 1. The van der Waals surface area contributed by atoms with E-state index in [-0.39, 0.29) is 19.6 Å². The Morgan fingerprint density at radius 2 is 1.91 bits per heavy atom. The van der Waals surface area contributed by atoms with Crippen molar-refractivity contribution in [1.82, 2.24) is 0 Å². The maximum absolute atomic E-state index is 13.2. The highest BCUT2D eigenvalue weighted by Crippen LogP contribution is 2.09. The molecule has 0 fully saturated rings. The minimum Gasteiger partial charge on any atom is -0.443 e. The van der Waals surface area contributed by atoms with Crippen LogP contribution >= 0.6 is 0 Å². The van der Waals surface area contributed by atoms with Crippen LogP contribution in [0.1, 0.15) is 17.5 Å². The van der Waals surface area contributed by atoms with E-state index >= 15 is 0 Å². The van der Waals surface area contributed by atoms with Gasteiger partial charge in [0.25, 0.3) is 0 Å². The van der Waals surface area contributed by atoms with E-state index < -0.39 is 11.9 Å². The van der Waals surface area contributed by atoms with Gasteiger partial charge in [0, 0.05) is 13.0 Å². The van der Waals surface area contributed by atoms with Crippen LogP contribution in [0.15, 0.2) is 59.6 Å². The fraction of sp³-hybridized carbons (Fsp3) is 0.176. The number of ether oxygens (including phenoxy) is 1. The molecule has 114 valence electrons. The molecule has 0 atom stereocenters. The molecule has 0 radical (unpaired) electrons. The van der Waals surface area contributed by atoms with Gasteiger partial charge in [-0.05, 0) is 23.3 Å². The zero-order valence-electron chi connectivity index (χ0n) is 11.9. The molecule has 0 aliphatic rings. The predicted molar refractivity (Wildman–Crippen MR) is 81.3 cm³/mol. The molecule has 0 aliphatic carbocycles. The van der Waals surface area contributed by atoms with Gasteiger partial charge in [0.05, 0.1) is 5.71 Å². The topological polar surface area (TPSA) is 58.9 Å². The molecule has 0 aromatic heterocycles. The number of carbonyl (C=O) groups excluding carboxylic acids is 1. The van der Waals surface area contributed by atoms with Gasteiger partial charge in [-0.1, -0.05) is 42.5 Å². The van der Waals surface area contributed by atoms with E-state index in [1.54, 1.807) is 6.07 Å². The molecule has 0 saturated carbocycles. The maximum Gasteiger partial charge on any atom is 0.434 e. The molecule has 1 N–H and O–H groups in total. The zero-order chi connectivity index (χ0) is 15.8. The molecule has 0 heterocycles. The van der Waals surface area contributed by atoms with Crippen LogP contribution in [0.2, 0.25) is 0 Å². The highest BCUT2D eigenvalue weighted by molar-refractivity contribution is 6.05. The molecule has 1 amide bonds. The van der Waals surface area contributed by atoms with Gasteiger partial charge in [0.15, 0.2) is 0 Å². The molecule has 4 nitrogen and oxygen atoms in total. The SMILES string of the molecule is O=C(N=C(CCO)c1cccc(F)c1)OCc1ccccc1. The Kier molecular flexibility index (Phi) is 5.80. The Bertz CT molecular complexity index is 656. The van der Waals surface area contributed by atoms with Crippen molar-refractivity contribution in [3.8, 4) is 0 Å². The molecule has 0 aliphatic heterocycles.